The normalized spacial score (nSPS) is 11.4. The first-order valence-corrected chi connectivity index (χ1v) is 6.36. The van der Waals surface area contributed by atoms with E-state index in [9.17, 15) is 4.79 Å². The third-order valence-corrected chi connectivity index (χ3v) is 3.39. The Morgan fingerprint density at radius 2 is 2.06 bits per heavy atom. The van der Waals surface area contributed by atoms with Crippen molar-refractivity contribution in [1.82, 2.24) is 4.90 Å². The van der Waals surface area contributed by atoms with Gasteiger partial charge in [0, 0.05) is 24.2 Å². The molecule has 0 bridgehead atoms. The Labute approximate surface area is 114 Å². The largest absolute Gasteiger partial charge is 0.341 e. The quantitative estimate of drug-likeness (QED) is 0.913. The van der Waals surface area contributed by atoms with Gasteiger partial charge in [0.2, 0.25) is 0 Å². The lowest BCUT2D eigenvalue weighted by Crippen LogP contribution is -2.39. The summed E-state index contributed by atoms with van der Waals surface area (Å²) in [7, 11) is 1.79. The Hall–Kier alpha value is -1.06. The van der Waals surface area contributed by atoms with Gasteiger partial charge in [-0.25, -0.2) is 0 Å². The van der Waals surface area contributed by atoms with E-state index < -0.39 is 0 Å². The highest BCUT2D eigenvalue weighted by atomic mass is 35.5. The number of carbonyl (C=O) groups is 1. The van der Waals surface area contributed by atoms with Crippen LogP contribution in [0.2, 0.25) is 5.02 Å². The van der Waals surface area contributed by atoms with Crippen molar-refractivity contribution in [2.24, 2.45) is 11.1 Å². The smallest absolute Gasteiger partial charge is 0.253 e. The summed E-state index contributed by atoms with van der Waals surface area (Å²) in [4.78, 5) is 13.9. The molecule has 0 aliphatic rings. The predicted molar refractivity (Wildman–Crippen MR) is 76.0 cm³/mol. The molecule has 0 heterocycles. The van der Waals surface area contributed by atoms with E-state index in [2.05, 4.69) is 0 Å². The Morgan fingerprint density at radius 1 is 1.44 bits per heavy atom. The standard InChI is InChI=1S/C14H21ClN2O/c1-10-5-6-11(7-12(10)15)13(18)17(4)9-14(2,3)8-16/h5-7H,8-9,16H2,1-4H3. The first kappa shape index (κ1) is 15.0. The summed E-state index contributed by atoms with van der Waals surface area (Å²) >= 11 is 6.03. The summed E-state index contributed by atoms with van der Waals surface area (Å²) in [5.74, 6) is -0.0292. The van der Waals surface area contributed by atoms with Crippen LogP contribution in [0.1, 0.15) is 29.8 Å². The molecule has 1 amide bonds. The molecule has 0 radical (unpaired) electrons. The van der Waals surface area contributed by atoms with Crippen LogP contribution in [0.15, 0.2) is 18.2 Å². The van der Waals surface area contributed by atoms with E-state index in [4.69, 9.17) is 17.3 Å². The zero-order valence-electron chi connectivity index (χ0n) is 11.5. The number of amides is 1. The van der Waals surface area contributed by atoms with Crippen LogP contribution in [0, 0.1) is 12.3 Å². The molecule has 3 nitrogen and oxygen atoms in total. The first-order valence-electron chi connectivity index (χ1n) is 5.98. The van der Waals surface area contributed by atoms with Crippen molar-refractivity contribution in [3.63, 3.8) is 0 Å². The van der Waals surface area contributed by atoms with Gasteiger partial charge in [-0.3, -0.25) is 4.79 Å². The van der Waals surface area contributed by atoms with Gasteiger partial charge in [-0.05, 0) is 36.6 Å². The van der Waals surface area contributed by atoms with Crippen LogP contribution < -0.4 is 5.73 Å². The number of carbonyl (C=O) groups excluding carboxylic acids is 1. The van der Waals surface area contributed by atoms with Gasteiger partial charge in [0.05, 0.1) is 0 Å². The highest BCUT2D eigenvalue weighted by Crippen LogP contribution is 2.19. The molecule has 0 unspecified atom stereocenters. The number of halogens is 1. The number of nitrogens with two attached hydrogens (primary N) is 1. The van der Waals surface area contributed by atoms with E-state index in [0.717, 1.165) is 5.56 Å². The minimum absolute atomic E-state index is 0.0292. The third kappa shape index (κ3) is 3.72. The number of nitrogens with zero attached hydrogens (tertiary/aromatic N) is 1. The maximum Gasteiger partial charge on any atom is 0.253 e. The number of benzene rings is 1. The van der Waals surface area contributed by atoms with Gasteiger partial charge in [0.15, 0.2) is 0 Å². The van der Waals surface area contributed by atoms with Gasteiger partial charge in [-0.1, -0.05) is 31.5 Å². The fraction of sp³-hybridized carbons (Fsp3) is 0.500. The lowest BCUT2D eigenvalue weighted by atomic mass is 9.93. The maximum atomic E-state index is 12.2. The Kier molecular flexibility index (Phi) is 4.77. The van der Waals surface area contributed by atoms with Crippen LogP contribution in [-0.4, -0.2) is 30.9 Å². The average molecular weight is 269 g/mol. The van der Waals surface area contributed by atoms with Gasteiger partial charge in [-0.15, -0.1) is 0 Å². The van der Waals surface area contributed by atoms with Gasteiger partial charge in [0.1, 0.15) is 0 Å². The monoisotopic (exact) mass is 268 g/mol. The molecule has 1 aromatic rings. The van der Waals surface area contributed by atoms with Crippen molar-refractivity contribution in [2.45, 2.75) is 20.8 Å². The molecule has 0 saturated heterocycles. The fourth-order valence-electron chi connectivity index (χ4n) is 1.72. The second kappa shape index (κ2) is 5.72. The van der Waals surface area contributed by atoms with Crippen molar-refractivity contribution >= 4 is 17.5 Å². The molecule has 1 aromatic carbocycles. The SMILES string of the molecule is Cc1ccc(C(=O)N(C)CC(C)(C)CN)cc1Cl. The number of hydrogen-bond acceptors (Lipinski definition) is 2. The second-order valence-corrected chi connectivity index (χ2v) is 5.90. The van der Waals surface area contributed by atoms with Crippen molar-refractivity contribution in [1.29, 1.82) is 0 Å². The molecule has 0 saturated carbocycles. The van der Waals surface area contributed by atoms with Crippen LogP contribution in [0.3, 0.4) is 0 Å². The molecule has 0 aromatic heterocycles. The molecular formula is C14H21ClN2O. The molecule has 0 aliphatic carbocycles. The minimum Gasteiger partial charge on any atom is -0.341 e. The van der Waals surface area contributed by atoms with Crippen molar-refractivity contribution in [3.8, 4) is 0 Å². The molecule has 4 heteroatoms. The van der Waals surface area contributed by atoms with Gasteiger partial charge >= 0.3 is 0 Å². The van der Waals surface area contributed by atoms with Crippen LogP contribution in [0.25, 0.3) is 0 Å². The summed E-state index contributed by atoms with van der Waals surface area (Å²) < 4.78 is 0. The summed E-state index contributed by atoms with van der Waals surface area (Å²) in [6.45, 7) is 7.16. The van der Waals surface area contributed by atoms with Crippen molar-refractivity contribution < 1.29 is 4.79 Å². The molecule has 2 N–H and O–H groups in total. The second-order valence-electron chi connectivity index (χ2n) is 5.49. The van der Waals surface area contributed by atoms with Gasteiger partial charge in [0.25, 0.3) is 5.91 Å². The van der Waals surface area contributed by atoms with Crippen LogP contribution >= 0.6 is 11.6 Å². The molecule has 0 spiro atoms. The van der Waals surface area contributed by atoms with Crippen molar-refractivity contribution in [3.05, 3.63) is 34.3 Å². The molecule has 18 heavy (non-hydrogen) atoms. The maximum absolute atomic E-state index is 12.2. The van der Waals surface area contributed by atoms with Crippen LogP contribution in [-0.2, 0) is 0 Å². The average Bonchev–Trinajstić information content (AvgIpc) is 2.31. The topological polar surface area (TPSA) is 46.3 Å². The van der Waals surface area contributed by atoms with E-state index in [1.807, 2.05) is 26.8 Å². The highest BCUT2D eigenvalue weighted by Gasteiger charge is 2.22. The lowest BCUT2D eigenvalue weighted by molar-refractivity contribution is 0.0740. The van der Waals surface area contributed by atoms with E-state index in [1.165, 1.54) is 0 Å². The summed E-state index contributed by atoms with van der Waals surface area (Å²) in [5, 5.41) is 0.618. The third-order valence-electron chi connectivity index (χ3n) is 2.98. The lowest BCUT2D eigenvalue weighted by Gasteiger charge is -2.29. The molecular weight excluding hydrogens is 248 g/mol. The fourth-order valence-corrected chi connectivity index (χ4v) is 1.91. The molecule has 0 fully saturated rings. The molecule has 0 aliphatic heterocycles. The zero-order chi connectivity index (χ0) is 13.9. The Bertz CT molecular complexity index is 443. The van der Waals surface area contributed by atoms with Crippen LogP contribution in [0.5, 0.6) is 0 Å². The number of aryl methyl sites for hydroxylation is 1. The summed E-state index contributed by atoms with van der Waals surface area (Å²) in [6.07, 6.45) is 0. The highest BCUT2D eigenvalue weighted by molar-refractivity contribution is 6.31. The van der Waals surface area contributed by atoms with E-state index in [-0.39, 0.29) is 11.3 Å². The van der Waals surface area contributed by atoms with Crippen LogP contribution in [0.4, 0.5) is 0 Å². The Morgan fingerprint density at radius 3 is 2.56 bits per heavy atom. The molecule has 0 atom stereocenters. The summed E-state index contributed by atoms with van der Waals surface area (Å²) in [5.41, 5.74) is 7.18. The van der Waals surface area contributed by atoms with E-state index in [0.29, 0.717) is 23.7 Å². The molecule has 1 rings (SSSR count). The minimum atomic E-state index is -0.0844. The van der Waals surface area contributed by atoms with Crippen molar-refractivity contribution in [2.75, 3.05) is 20.1 Å². The first-order chi connectivity index (χ1) is 8.26. The Balaban J connectivity index is 2.83. The molecule has 100 valence electrons. The summed E-state index contributed by atoms with van der Waals surface area (Å²) in [6, 6.07) is 5.37. The predicted octanol–water partition coefficient (Wildman–Crippen LogP) is 2.71. The zero-order valence-corrected chi connectivity index (χ0v) is 12.2. The van der Waals surface area contributed by atoms with E-state index >= 15 is 0 Å². The number of rotatable bonds is 4. The van der Waals surface area contributed by atoms with Gasteiger partial charge < -0.3 is 10.6 Å². The van der Waals surface area contributed by atoms with Gasteiger partial charge in [-0.2, -0.15) is 0 Å². The number of hydrogen-bond donors (Lipinski definition) is 1. The van der Waals surface area contributed by atoms with E-state index in [1.54, 1.807) is 24.1 Å².